The summed E-state index contributed by atoms with van der Waals surface area (Å²) in [5.74, 6) is -1.12. The first-order valence-corrected chi connectivity index (χ1v) is 12.3. The van der Waals surface area contributed by atoms with Crippen LogP contribution in [0.1, 0.15) is 29.7 Å². The fourth-order valence-corrected chi connectivity index (χ4v) is 12.1. The van der Waals surface area contributed by atoms with Crippen LogP contribution in [0.5, 0.6) is 0 Å². The number of aliphatic hydroxyl groups excluding tert-OH is 2. The van der Waals surface area contributed by atoms with Crippen LogP contribution in [0.3, 0.4) is 0 Å². The number of rotatable bonds is 6. The van der Waals surface area contributed by atoms with Gasteiger partial charge in [0.2, 0.25) is 0 Å². The molecule has 0 bridgehead atoms. The molecule has 0 heterocycles. The van der Waals surface area contributed by atoms with Crippen molar-refractivity contribution in [2.24, 2.45) is 0 Å². The molecule has 116 valence electrons. The van der Waals surface area contributed by atoms with Crippen LogP contribution in [-0.2, 0) is 8.25 Å². The molecular weight excluding hydrogens is 317 g/mol. The minimum absolute atomic E-state index is 0. The zero-order valence-corrected chi connectivity index (χ0v) is 11.3. The molecule has 0 fully saturated rings. The number of carboxylic acids is 1. The van der Waals surface area contributed by atoms with Gasteiger partial charge in [0.25, 0.3) is 0 Å². The zero-order chi connectivity index (χ0) is 11.4. The van der Waals surface area contributed by atoms with Crippen molar-refractivity contribution in [2.45, 2.75) is 48.1 Å². The SMILES string of the molecule is C.C.C.C.C[Si](C)(O)[O][Ge]([CH2]O)([CH2]O)[CH2]C(=O)O. The Bertz CT molecular complexity index is 203. The molecule has 0 amide bonds. The van der Waals surface area contributed by atoms with Crippen molar-refractivity contribution in [3.8, 4) is 0 Å². The molecule has 6 nitrogen and oxygen atoms in total. The summed E-state index contributed by atoms with van der Waals surface area (Å²) in [6.07, 6.45) is 0. The maximum atomic E-state index is 10.5. The van der Waals surface area contributed by atoms with E-state index in [4.69, 9.17) is 18.8 Å². The van der Waals surface area contributed by atoms with E-state index in [-0.39, 0.29) is 35.0 Å². The van der Waals surface area contributed by atoms with E-state index in [9.17, 15) is 9.59 Å². The molecule has 0 spiro atoms. The van der Waals surface area contributed by atoms with Gasteiger partial charge in [-0.15, -0.1) is 0 Å². The molecule has 0 atom stereocenters. The molecule has 0 rings (SSSR count). The van der Waals surface area contributed by atoms with Crippen molar-refractivity contribution in [3.05, 3.63) is 0 Å². The van der Waals surface area contributed by atoms with Crippen LogP contribution < -0.4 is 0 Å². The third-order valence-corrected chi connectivity index (χ3v) is 12.7. The van der Waals surface area contributed by atoms with Gasteiger partial charge in [-0.25, -0.2) is 0 Å². The summed E-state index contributed by atoms with van der Waals surface area (Å²) in [5.41, 5.74) is -0.917. The quantitative estimate of drug-likeness (QED) is 0.539. The summed E-state index contributed by atoms with van der Waals surface area (Å²) >= 11 is -3.65. The second-order valence-corrected chi connectivity index (χ2v) is 15.0. The second-order valence-electron chi connectivity index (χ2n) is 3.62. The molecule has 0 aliphatic heterocycles. The summed E-state index contributed by atoms with van der Waals surface area (Å²) in [6.45, 7) is 2.94. The van der Waals surface area contributed by atoms with Gasteiger partial charge in [0.1, 0.15) is 0 Å². The number of aliphatic carboxylic acids is 1. The Balaban J connectivity index is -0.000000141. The van der Waals surface area contributed by atoms with Crippen molar-refractivity contribution < 1.29 is 28.4 Å². The second kappa shape index (κ2) is 12.1. The van der Waals surface area contributed by atoms with E-state index in [1.54, 1.807) is 0 Å². The van der Waals surface area contributed by atoms with E-state index in [0.717, 1.165) is 0 Å². The van der Waals surface area contributed by atoms with Gasteiger partial charge in [0.15, 0.2) is 0 Å². The number of hydrogen-bond acceptors (Lipinski definition) is 5. The fraction of sp³-hybridized carbons (Fsp3) is 0.900. The van der Waals surface area contributed by atoms with Crippen molar-refractivity contribution in [1.29, 1.82) is 0 Å². The summed E-state index contributed by atoms with van der Waals surface area (Å²) in [5, 5.41) is 26.3. The van der Waals surface area contributed by atoms with Crippen LogP contribution in [0.4, 0.5) is 0 Å². The Morgan fingerprint density at radius 3 is 1.61 bits per heavy atom. The molecule has 0 radical (unpaired) electrons. The van der Waals surface area contributed by atoms with E-state index in [1.807, 2.05) is 0 Å². The molecule has 0 aromatic rings. The van der Waals surface area contributed by atoms with Gasteiger partial charge in [0.05, 0.1) is 0 Å². The van der Waals surface area contributed by atoms with E-state index in [2.05, 4.69) is 0 Å². The standard InChI is InChI=1S/C6H16GeO6Si.4CH4/c1-14(2,12)13-7(4-8,5-9)3-6(10)11;;;;/h8-9,12H,3-5H2,1-2H3,(H,10,11);4*1H4. The average Bonchev–Trinajstić information content (AvgIpc) is 1.99. The number of aliphatic hydroxyl groups is 2. The molecule has 4 N–H and O–H groups in total. The summed E-state index contributed by atoms with van der Waals surface area (Å²) in [4.78, 5) is 20.0. The molecule has 18 heavy (non-hydrogen) atoms. The molecular formula is C10H32GeO6Si. The van der Waals surface area contributed by atoms with Gasteiger partial charge < -0.3 is 0 Å². The van der Waals surface area contributed by atoms with E-state index in [0.29, 0.717) is 0 Å². The van der Waals surface area contributed by atoms with Crippen LogP contribution >= 0.6 is 0 Å². The number of carboxylic acid groups (broad SMARTS) is 1. The summed E-state index contributed by atoms with van der Waals surface area (Å²) < 4.78 is 5.24. The van der Waals surface area contributed by atoms with Crippen LogP contribution in [-0.4, -0.2) is 59.1 Å². The van der Waals surface area contributed by atoms with Crippen LogP contribution in [0.2, 0.25) is 18.3 Å². The predicted octanol–water partition coefficient (Wildman–Crippen LogP) is 1.33. The molecule has 0 aromatic carbocycles. The number of hydrogen-bond donors (Lipinski definition) is 4. The van der Waals surface area contributed by atoms with E-state index >= 15 is 0 Å². The third-order valence-electron chi connectivity index (χ3n) is 1.52. The van der Waals surface area contributed by atoms with Gasteiger partial charge in [0, 0.05) is 0 Å². The molecule has 8 heteroatoms. The van der Waals surface area contributed by atoms with Gasteiger partial charge in [-0.05, 0) is 0 Å². The van der Waals surface area contributed by atoms with Crippen molar-refractivity contribution in [2.75, 3.05) is 10.9 Å². The Morgan fingerprint density at radius 1 is 1.11 bits per heavy atom. The summed E-state index contributed by atoms with van der Waals surface area (Å²) in [7, 11) is -2.90. The Kier molecular flexibility index (Phi) is 20.8. The molecule has 0 saturated carbocycles. The summed E-state index contributed by atoms with van der Waals surface area (Å²) in [6, 6.07) is 0. The van der Waals surface area contributed by atoms with E-state index in [1.165, 1.54) is 13.1 Å². The average molecular weight is 349 g/mol. The molecule has 0 aliphatic rings. The zero-order valence-electron chi connectivity index (χ0n) is 8.23. The Morgan fingerprint density at radius 2 is 1.44 bits per heavy atom. The predicted molar refractivity (Wildman–Crippen MR) is 80.1 cm³/mol. The Labute approximate surface area is 116 Å². The monoisotopic (exact) mass is 350 g/mol. The number of carbonyl (C=O) groups is 1. The van der Waals surface area contributed by atoms with Crippen LogP contribution in [0.25, 0.3) is 0 Å². The van der Waals surface area contributed by atoms with E-state index < -0.39 is 39.0 Å². The van der Waals surface area contributed by atoms with Crippen LogP contribution in [0, 0.1) is 0 Å². The normalized spacial score (nSPS) is 10.1. The van der Waals surface area contributed by atoms with Crippen molar-refractivity contribution in [3.63, 3.8) is 0 Å². The van der Waals surface area contributed by atoms with Crippen molar-refractivity contribution in [1.82, 2.24) is 0 Å². The van der Waals surface area contributed by atoms with Gasteiger partial charge in [-0.1, -0.05) is 29.7 Å². The fourth-order valence-electron chi connectivity index (χ4n) is 1.07. The first kappa shape index (κ1) is 30.8. The molecule has 0 saturated heterocycles. The first-order valence-electron chi connectivity index (χ1n) is 4.11. The topological polar surface area (TPSA) is 107 Å². The molecule has 0 aliphatic carbocycles. The minimum atomic E-state index is -3.65. The van der Waals surface area contributed by atoms with Gasteiger partial charge in [-0.3, -0.25) is 0 Å². The maximum absolute atomic E-state index is 10.5. The molecule has 0 aromatic heterocycles. The van der Waals surface area contributed by atoms with Crippen molar-refractivity contribution >= 4 is 28.1 Å². The van der Waals surface area contributed by atoms with Gasteiger partial charge >= 0.3 is 85.7 Å². The first-order chi connectivity index (χ1) is 6.24. The molecule has 0 unspecified atom stereocenters. The van der Waals surface area contributed by atoms with Crippen LogP contribution in [0.15, 0.2) is 0 Å². The third kappa shape index (κ3) is 12.5. The Hall–Kier alpha value is 0.0697. The van der Waals surface area contributed by atoms with Gasteiger partial charge in [-0.2, -0.15) is 0 Å².